The molecule has 0 spiro atoms. The topological polar surface area (TPSA) is 32.3 Å². The summed E-state index contributed by atoms with van der Waals surface area (Å²) in [6, 6.07) is 0.915. The third-order valence-corrected chi connectivity index (χ3v) is 2.40. The van der Waals surface area contributed by atoms with Gasteiger partial charge in [0.15, 0.2) is 0 Å². The van der Waals surface area contributed by atoms with Crippen molar-refractivity contribution in [2.45, 2.75) is 45.2 Å². The summed E-state index contributed by atoms with van der Waals surface area (Å²) < 4.78 is 0. The predicted molar refractivity (Wildman–Crippen MR) is 46.5 cm³/mol. The van der Waals surface area contributed by atoms with Crippen LogP contribution >= 0.6 is 0 Å². The van der Waals surface area contributed by atoms with Crippen LogP contribution < -0.4 is 5.32 Å². The minimum Gasteiger partial charge on any atom is -0.395 e. The van der Waals surface area contributed by atoms with Crippen molar-refractivity contribution in [2.24, 2.45) is 5.92 Å². The molecule has 1 saturated carbocycles. The maximum Gasteiger partial charge on any atom is 0.0582 e. The van der Waals surface area contributed by atoms with Crippen molar-refractivity contribution < 1.29 is 5.11 Å². The van der Waals surface area contributed by atoms with Crippen molar-refractivity contribution in [1.29, 1.82) is 0 Å². The van der Waals surface area contributed by atoms with Gasteiger partial charge in [0.2, 0.25) is 0 Å². The number of hydrogen-bond donors (Lipinski definition) is 2. The largest absolute Gasteiger partial charge is 0.395 e. The summed E-state index contributed by atoms with van der Waals surface area (Å²) in [5.41, 5.74) is 0. The summed E-state index contributed by atoms with van der Waals surface area (Å²) in [6.07, 6.45) is 3.95. The average Bonchev–Trinajstić information content (AvgIpc) is 2.82. The normalized spacial score (nSPS) is 23.2. The lowest BCUT2D eigenvalue weighted by molar-refractivity contribution is 0.234. The van der Waals surface area contributed by atoms with Crippen LogP contribution in [0.1, 0.15) is 33.1 Å². The molecule has 2 nitrogen and oxygen atoms in total. The fourth-order valence-electron chi connectivity index (χ4n) is 1.50. The molecule has 2 heteroatoms. The SMILES string of the molecule is CCC(NC(C)CO)C1CC1. The molecule has 0 radical (unpaired) electrons. The summed E-state index contributed by atoms with van der Waals surface area (Å²) in [5, 5.41) is 12.2. The standard InChI is InChI=1S/C9H19NO/c1-3-9(8-4-5-8)10-7(2)6-11/h7-11H,3-6H2,1-2H3. The van der Waals surface area contributed by atoms with Gasteiger partial charge >= 0.3 is 0 Å². The average molecular weight is 157 g/mol. The molecule has 0 bridgehead atoms. The van der Waals surface area contributed by atoms with Gasteiger partial charge in [0.1, 0.15) is 0 Å². The van der Waals surface area contributed by atoms with Crippen molar-refractivity contribution >= 4 is 0 Å². The molecule has 1 rings (SSSR count). The highest BCUT2D eigenvalue weighted by Crippen LogP contribution is 2.33. The van der Waals surface area contributed by atoms with Crippen LogP contribution in [0.2, 0.25) is 0 Å². The Morgan fingerprint density at radius 1 is 1.55 bits per heavy atom. The second-order valence-corrected chi connectivity index (χ2v) is 3.60. The smallest absolute Gasteiger partial charge is 0.0582 e. The third-order valence-electron chi connectivity index (χ3n) is 2.40. The highest BCUT2D eigenvalue weighted by molar-refractivity contribution is 4.86. The fourth-order valence-corrected chi connectivity index (χ4v) is 1.50. The van der Waals surface area contributed by atoms with Gasteiger partial charge in [0, 0.05) is 12.1 Å². The first-order valence-corrected chi connectivity index (χ1v) is 4.64. The van der Waals surface area contributed by atoms with Gasteiger partial charge in [-0.2, -0.15) is 0 Å². The number of nitrogens with one attached hydrogen (secondary N) is 1. The second-order valence-electron chi connectivity index (χ2n) is 3.60. The Kier molecular flexibility index (Phi) is 3.34. The van der Waals surface area contributed by atoms with E-state index < -0.39 is 0 Å². The van der Waals surface area contributed by atoms with E-state index in [1.807, 2.05) is 6.92 Å². The van der Waals surface area contributed by atoms with E-state index in [0.717, 1.165) is 5.92 Å². The quantitative estimate of drug-likeness (QED) is 0.627. The molecule has 1 aliphatic carbocycles. The highest BCUT2D eigenvalue weighted by atomic mass is 16.3. The summed E-state index contributed by atoms with van der Waals surface area (Å²) in [5.74, 6) is 0.897. The first-order valence-electron chi connectivity index (χ1n) is 4.64. The molecule has 0 aromatic carbocycles. The van der Waals surface area contributed by atoms with E-state index in [-0.39, 0.29) is 12.6 Å². The zero-order chi connectivity index (χ0) is 8.27. The van der Waals surface area contributed by atoms with E-state index in [0.29, 0.717) is 6.04 Å². The molecule has 1 aliphatic rings. The van der Waals surface area contributed by atoms with Crippen LogP contribution in [0.25, 0.3) is 0 Å². The Bertz CT molecular complexity index is 112. The highest BCUT2D eigenvalue weighted by Gasteiger charge is 2.30. The van der Waals surface area contributed by atoms with Crippen molar-refractivity contribution in [1.82, 2.24) is 5.32 Å². The van der Waals surface area contributed by atoms with Crippen molar-refractivity contribution in [3.63, 3.8) is 0 Å². The Hall–Kier alpha value is -0.0800. The van der Waals surface area contributed by atoms with E-state index >= 15 is 0 Å². The summed E-state index contributed by atoms with van der Waals surface area (Å²) in [4.78, 5) is 0. The van der Waals surface area contributed by atoms with Gasteiger partial charge < -0.3 is 10.4 Å². The monoisotopic (exact) mass is 157 g/mol. The first kappa shape index (κ1) is 9.01. The van der Waals surface area contributed by atoms with Crippen LogP contribution in [0, 0.1) is 5.92 Å². The molecule has 0 saturated heterocycles. The van der Waals surface area contributed by atoms with Crippen LogP contribution in [0.3, 0.4) is 0 Å². The van der Waals surface area contributed by atoms with Crippen LogP contribution in [0.5, 0.6) is 0 Å². The van der Waals surface area contributed by atoms with Crippen molar-refractivity contribution in [3.05, 3.63) is 0 Å². The van der Waals surface area contributed by atoms with E-state index in [1.54, 1.807) is 0 Å². The van der Waals surface area contributed by atoms with Gasteiger partial charge in [0.25, 0.3) is 0 Å². The van der Waals surface area contributed by atoms with Gasteiger partial charge in [-0.15, -0.1) is 0 Å². The minimum atomic E-state index is 0.253. The first-order chi connectivity index (χ1) is 5.27. The molecule has 1 fully saturated rings. The molecule has 0 heterocycles. The molecule has 2 unspecified atom stereocenters. The summed E-state index contributed by atoms with van der Waals surface area (Å²) in [6.45, 7) is 4.49. The van der Waals surface area contributed by atoms with Crippen LogP contribution in [-0.2, 0) is 0 Å². The second kappa shape index (κ2) is 4.07. The Morgan fingerprint density at radius 2 is 2.18 bits per heavy atom. The van der Waals surface area contributed by atoms with E-state index in [9.17, 15) is 0 Å². The molecule has 2 atom stereocenters. The van der Waals surface area contributed by atoms with Crippen molar-refractivity contribution in [2.75, 3.05) is 6.61 Å². The molecule has 0 amide bonds. The minimum absolute atomic E-state index is 0.253. The lowest BCUT2D eigenvalue weighted by atomic mass is 10.1. The summed E-state index contributed by atoms with van der Waals surface area (Å²) >= 11 is 0. The lowest BCUT2D eigenvalue weighted by Gasteiger charge is -2.20. The molecule has 66 valence electrons. The maximum absolute atomic E-state index is 8.82. The zero-order valence-electron chi connectivity index (χ0n) is 7.51. The van der Waals surface area contributed by atoms with Gasteiger partial charge in [-0.25, -0.2) is 0 Å². The number of aliphatic hydroxyl groups excluding tert-OH is 1. The molecular weight excluding hydrogens is 138 g/mol. The number of hydrogen-bond acceptors (Lipinski definition) is 2. The third kappa shape index (κ3) is 2.80. The van der Waals surface area contributed by atoms with E-state index in [4.69, 9.17) is 5.11 Å². The number of rotatable bonds is 5. The lowest BCUT2D eigenvalue weighted by Crippen LogP contribution is -2.39. The Labute approximate surface area is 69.0 Å². The van der Waals surface area contributed by atoms with Crippen molar-refractivity contribution in [3.8, 4) is 0 Å². The molecule has 0 aromatic rings. The van der Waals surface area contributed by atoms with Crippen LogP contribution in [0.15, 0.2) is 0 Å². The predicted octanol–water partition coefficient (Wildman–Crippen LogP) is 1.15. The Morgan fingerprint density at radius 3 is 2.55 bits per heavy atom. The summed E-state index contributed by atoms with van der Waals surface area (Å²) in [7, 11) is 0. The van der Waals surface area contributed by atoms with Crippen LogP contribution in [-0.4, -0.2) is 23.8 Å². The maximum atomic E-state index is 8.82. The fraction of sp³-hybridized carbons (Fsp3) is 1.00. The molecule has 0 aliphatic heterocycles. The van der Waals surface area contributed by atoms with E-state index in [1.165, 1.54) is 19.3 Å². The van der Waals surface area contributed by atoms with Gasteiger partial charge in [-0.05, 0) is 32.1 Å². The molecule has 11 heavy (non-hydrogen) atoms. The molecular formula is C9H19NO. The van der Waals surface area contributed by atoms with Crippen LogP contribution in [0.4, 0.5) is 0 Å². The zero-order valence-corrected chi connectivity index (χ0v) is 7.51. The number of aliphatic hydroxyl groups is 1. The Balaban J connectivity index is 2.19. The van der Waals surface area contributed by atoms with Gasteiger partial charge in [-0.3, -0.25) is 0 Å². The van der Waals surface area contributed by atoms with E-state index in [2.05, 4.69) is 12.2 Å². The van der Waals surface area contributed by atoms with Gasteiger partial charge in [0.05, 0.1) is 6.61 Å². The van der Waals surface area contributed by atoms with Gasteiger partial charge in [-0.1, -0.05) is 6.92 Å². The molecule has 0 aromatic heterocycles. The molecule has 2 N–H and O–H groups in total.